The number of unbranched alkanes of at least 4 members (excludes halogenated alkanes) is 4. The summed E-state index contributed by atoms with van der Waals surface area (Å²) in [6.07, 6.45) is 7.22. The lowest BCUT2D eigenvalue weighted by atomic mass is 10.1. The molecule has 3 N–H and O–H groups in total. The summed E-state index contributed by atoms with van der Waals surface area (Å²) in [5, 5.41) is 2.87. The molecule has 1 heterocycles. The minimum atomic E-state index is -0.194. The second kappa shape index (κ2) is 8.22. The molecule has 0 spiro atoms. The van der Waals surface area contributed by atoms with Gasteiger partial charge in [-0.2, -0.15) is 0 Å². The van der Waals surface area contributed by atoms with Crippen molar-refractivity contribution >= 4 is 11.6 Å². The Morgan fingerprint density at radius 3 is 2.64 bits per heavy atom. The predicted molar refractivity (Wildman–Crippen MR) is 87.4 cm³/mol. The zero-order valence-corrected chi connectivity index (χ0v) is 13.0. The Labute approximate surface area is 130 Å². The standard InChI is InChI=1S/C17H23N3O2/c1-2-3-4-5-6-11-19-16(21)15-12-22-17(20-15)13-7-9-14(18)10-8-13/h7-10,12H,2-6,11,18H2,1H3,(H,19,21). The van der Waals surface area contributed by atoms with Crippen LogP contribution in [0.3, 0.4) is 0 Å². The smallest absolute Gasteiger partial charge is 0.273 e. The molecule has 0 radical (unpaired) electrons. The first-order valence-corrected chi connectivity index (χ1v) is 7.80. The van der Waals surface area contributed by atoms with Crippen LogP contribution in [0.15, 0.2) is 34.9 Å². The first kappa shape index (κ1) is 16.1. The number of oxazole rings is 1. The highest BCUT2D eigenvalue weighted by molar-refractivity contribution is 5.92. The fourth-order valence-electron chi connectivity index (χ4n) is 2.16. The fraction of sp³-hybridized carbons (Fsp3) is 0.412. The van der Waals surface area contributed by atoms with Gasteiger partial charge >= 0.3 is 0 Å². The maximum Gasteiger partial charge on any atom is 0.273 e. The number of carbonyl (C=O) groups excluding carboxylic acids is 1. The third-order valence-corrected chi connectivity index (χ3v) is 3.46. The van der Waals surface area contributed by atoms with E-state index in [9.17, 15) is 4.79 Å². The number of hydrogen-bond acceptors (Lipinski definition) is 4. The van der Waals surface area contributed by atoms with Crippen molar-refractivity contribution in [1.82, 2.24) is 10.3 Å². The van der Waals surface area contributed by atoms with Crippen LogP contribution >= 0.6 is 0 Å². The van der Waals surface area contributed by atoms with E-state index in [1.165, 1.54) is 25.5 Å². The third-order valence-electron chi connectivity index (χ3n) is 3.46. The lowest BCUT2D eigenvalue weighted by Gasteiger charge is -2.02. The van der Waals surface area contributed by atoms with Crippen molar-refractivity contribution < 1.29 is 9.21 Å². The Morgan fingerprint density at radius 2 is 1.91 bits per heavy atom. The third kappa shape index (κ3) is 4.62. The number of benzene rings is 1. The molecule has 0 aliphatic rings. The molecule has 1 aromatic carbocycles. The summed E-state index contributed by atoms with van der Waals surface area (Å²) < 4.78 is 5.36. The molecular weight excluding hydrogens is 278 g/mol. The Kier molecular flexibility index (Phi) is 6.01. The summed E-state index contributed by atoms with van der Waals surface area (Å²) in [7, 11) is 0. The monoisotopic (exact) mass is 301 g/mol. The lowest BCUT2D eigenvalue weighted by molar-refractivity contribution is 0.0948. The zero-order chi connectivity index (χ0) is 15.8. The van der Waals surface area contributed by atoms with Gasteiger partial charge < -0.3 is 15.5 Å². The minimum absolute atomic E-state index is 0.194. The average Bonchev–Trinajstić information content (AvgIpc) is 3.01. The van der Waals surface area contributed by atoms with E-state index in [1.807, 2.05) is 12.1 Å². The number of nitrogens with one attached hydrogen (secondary N) is 1. The van der Waals surface area contributed by atoms with Gasteiger partial charge in [-0.25, -0.2) is 4.98 Å². The molecule has 2 rings (SSSR count). The lowest BCUT2D eigenvalue weighted by Crippen LogP contribution is -2.24. The van der Waals surface area contributed by atoms with Crippen LogP contribution in [0.5, 0.6) is 0 Å². The molecule has 2 aromatic rings. The van der Waals surface area contributed by atoms with Crippen LogP contribution in [0.4, 0.5) is 5.69 Å². The van der Waals surface area contributed by atoms with Crippen LogP contribution in [-0.4, -0.2) is 17.4 Å². The number of nitrogen functional groups attached to an aromatic ring is 1. The van der Waals surface area contributed by atoms with Gasteiger partial charge in [0, 0.05) is 17.8 Å². The molecule has 0 atom stereocenters. The number of rotatable bonds is 8. The number of aromatic nitrogens is 1. The van der Waals surface area contributed by atoms with E-state index in [4.69, 9.17) is 10.2 Å². The van der Waals surface area contributed by atoms with Crippen molar-refractivity contribution in [2.24, 2.45) is 0 Å². The number of amides is 1. The summed E-state index contributed by atoms with van der Waals surface area (Å²) in [6.45, 7) is 2.86. The quantitative estimate of drug-likeness (QED) is 0.576. The van der Waals surface area contributed by atoms with Gasteiger partial charge in [0.15, 0.2) is 5.69 Å². The highest BCUT2D eigenvalue weighted by Crippen LogP contribution is 2.19. The molecule has 1 aromatic heterocycles. The van der Waals surface area contributed by atoms with Crippen molar-refractivity contribution in [1.29, 1.82) is 0 Å². The molecule has 0 saturated carbocycles. The molecule has 5 heteroatoms. The maximum absolute atomic E-state index is 12.0. The molecule has 118 valence electrons. The zero-order valence-electron chi connectivity index (χ0n) is 13.0. The van der Waals surface area contributed by atoms with Crippen LogP contribution in [0.25, 0.3) is 11.5 Å². The summed E-state index contributed by atoms with van der Waals surface area (Å²) in [6, 6.07) is 7.18. The van der Waals surface area contributed by atoms with Gasteiger partial charge in [0.25, 0.3) is 5.91 Å². The summed E-state index contributed by atoms with van der Waals surface area (Å²) in [5.74, 6) is 0.231. The van der Waals surface area contributed by atoms with Gasteiger partial charge in [0.2, 0.25) is 5.89 Å². The maximum atomic E-state index is 12.0. The van der Waals surface area contributed by atoms with Gasteiger partial charge in [-0.1, -0.05) is 32.6 Å². The first-order valence-electron chi connectivity index (χ1n) is 7.80. The highest BCUT2D eigenvalue weighted by atomic mass is 16.3. The van der Waals surface area contributed by atoms with Crippen molar-refractivity contribution in [3.8, 4) is 11.5 Å². The van der Waals surface area contributed by atoms with E-state index in [0.717, 1.165) is 18.4 Å². The van der Waals surface area contributed by atoms with Crippen LogP contribution in [0.2, 0.25) is 0 Å². The summed E-state index contributed by atoms with van der Waals surface area (Å²) in [5.41, 5.74) is 7.42. The molecule has 0 unspecified atom stereocenters. The van der Waals surface area contributed by atoms with Gasteiger partial charge in [-0.15, -0.1) is 0 Å². The molecule has 22 heavy (non-hydrogen) atoms. The minimum Gasteiger partial charge on any atom is -0.444 e. The molecule has 0 aliphatic heterocycles. The molecule has 0 saturated heterocycles. The normalized spacial score (nSPS) is 10.6. The molecule has 0 aliphatic carbocycles. The average molecular weight is 301 g/mol. The Morgan fingerprint density at radius 1 is 1.18 bits per heavy atom. The van der Waals surface area contributed by atoms with Gasteiger partial charge in [0.05, 0.1) is 0 Å². The fourth-order valence-corrected chi connectivity index (χ4v) is 2.16. The number of anilines is 1. The molecule has 0 fully saturated rings. The molecule has 1 amide bonds. The van der Waals surface area contributed by atoms with Crippen LogP contribution < -0.4 is 11.1 Å². The Bertz CT molecular complexity index is 590. The molecular formula is C17H23N3O2. The SMILES string of the molecule is CCCCCCCNC(=O)c1coc(-c2ccc(N)cc2)n1. The number of carbonyl (C=O) groups is 1. The number of nitrogens with two attached hydrogens (primary N) is 1. The summed E-state index contributed by atoms with van der Waals surface area (Å²) >= 11 is 0. The van der Waals surface area contributed by atoms with E-state index >= 15 is 0 Å². The largest absolute Gasteiger partial charge is 0.444 e. The van der Waals surface area contributed by atoms with Crippen LogP contribution in [0, 0.1) is 0 Å². The predicted octanol–water partition coefficient (Wildman–Crippen LogP) is 3.62. The molecule has 5 nitrogen and oxygen atoms in total. The van der Waals surface area contributed by atoms with E-state index < -0.39 is 0 Å². The van der Waals surface area contributed by atoms with E-state index in [2.05, 4.69) is 17.2 Å². The number of hydrogen-bond donors (Lipinski definition) is 2. The topological polar surface area (TPSA) is 81.2 Å². The van der Waals surface area contributed by atoms with E-state index in [1.54, 1.807) is 12.1 Å². The summed E-state index contributed by atoms with van der Waals surface area (Å²) in [4.78, 5) is 16.2. The number of nitrogens with zero attached hydrogens (tertiary/aromatic N) is 1. The first-order chi connectivity index (χ1) is 10.7. The van der Waals surface area contributed by atoms with Crippen LogP contribution in [0.1, 0.15) is 49.5 Å². The second-order valence-electron chi connectivity index (χ2n) is 5.33. The van der Waals surface area contributed by atoms with Crippen molar-refractivity contribution in [3.63, 3.8) is 0 Å². The van der Waals surface area contributed by atoms with Crippen molar-refractivity contribution in [3.05, 3.63) is 36.2 Å². The Hall–Kier alpha value is -2.30. The molecule has 0 bridgehead atoms. The van der Waals surface area contributed by atoms with Crippen LogP contribution in [-0.2, 0) is 0 Å². The van der Waals surface area contributed by atoms with Gasteiger partial charge in [0.1, 0.15) is 6.26 Å². The Balaban J connectivity index is 1.83. The van der Waals surface area contributed by atoms with Crippen molar-refractivity contribution in [2.45, 2.75) is 39.0 Å². The second-order valence-corrected chi connectivity index (χ2v) is 5.33. The highest BCUT2D eigenvalue weighted by Gasteiger charge is 2.12. The van der Waals surface area contributed by atoms with Gasteiger partial charge in [-0.3, -0.25) is 4.79 Å². The van der Waals surface area contributed by atoms with Crippen molar-refractivity contribution in [2.75, 3.05) is 12.3 Å². The van der Waals surface area contributed by atoms with E-state index in [0.29, 0.717) is 23.8 Å². The van der Waals surface area contributed by atoms with Gasteiger partial charge in [-0.05, 0) is 30.7 Å². The van der Waals surface area contributed by atoms with E-state index in [-0.39, 0.29) is 5.91 Å².